The van der Waals surface area contributed by atoms with E-state index in [1.54, 1.807) is 0 Å². The van der Waals surface area contributed by atoms with Crippen molar-refractivity contribution in [3.8, 4) is 0 Å². The molecule has 0 unspecified atom stereocenters. The topological polar surface area (TPSA) is 50.5 Å². The second kappa shape index (κ2) is 7.13. The molecule has 6 heteroatoms. The van der Waals surface area contributed by atoms with Gasteiger partial charge in [-0.25, -0.2) is 4.98 Å². The normalized spacial score (nSPS) is 12.2. The predicted molar refractivity (Wildman–Crippen MR) is 99.9 cm³/mol. The van der Waals surface area contributed by atoms with Crippen LogP contribution in [0.2, 0.25) is 0 Å². The lowest BCUT2D eigenvalue weighted by molar-refractivity contribution is 0.810. The Kier molecular flexibility index (Phi) is 4.94. The van der Waals surface area contributed by atoms with Gasteiger partial charge in [0.25, 0.3) is 5.56 Å². The molecule has 0 saturated carbocycles. The average molecular weight is 342 g/mol. The van der Waals surface area contributed by atoms with E-state index in [2.05, 4.69) is 47.9 Å². The molecule has 0 spiro atoms. The Hall–Kier alpha value is -2.21. The first-order chi connectivity index (χ1) is 11.7. The van der Waals surface area contributed by atoms with Crippen molar-refractivity contribution in [1.29, 1.82) is 0 Å². The third kappa shape index (κ3) is 3.19. The Bertz CT molecular complexity index is 922. The minimum atomic E-state index is -0.0855. The number of anilines is 1. The monoisotopic (exact) mass is 342 g/mol. The van der Waals surface area contributed by atoms with Gasteiger partial charge < -0.3 is 4.90 Å². The molecule has 24 heavy (non-hydrogen) atoms. The van der Waals surface area contributed by atoms with Crippen LogP contribution in [0.15, 0.2) is 29.1 Å². The van der Waals surface area contributed by atoms with Gasteiger partial charge in [0.1, 0.15) is 0 Å². The highest BCUT2D eigenvalue weighted by molar-refractivity contribution is 7.15. The van der Waals surface area contributed by atoms with Crippen molar-refractivity contribution < 1.29 is 0 Å². The molecule has 0 aliphatic carbocycles. The van der Waals surface area contributed by atoms with Crippen molar-refractivity contribution >= 4 is 28.1 Å². The van der Waals surface area contributed by atoms with Crippen LogP contribution in [0.4, 0.5) is 5.69 Å². The van der Waals surface area contributed by atoms with Crippen LogP contribution in [0.1, 0.15) is 38.6 Å². The molecular formula is C18H22N4OS. The van der Waals surface area contributed by atoms with Crippen LogP contribution in [-0.4, -0.2) is 27.7 Å². The molecule has 2 heterocycles. The van der Waals surface area contributed by atoms with Crippen LogP contribution in [-0.2, 0) is 6.42 Å². The molecule has 0 fully saturated rings. The SMILES string of the molecule is CCCc1nc2s/c(=C\c3ccc(N(CC)CC)cc3)c(=O)n2n1. The Labute approximate surface area is 145 Å². The molecule has 0 N–H and O–H groups in total. The molecule has 1 aromatic carbocycles. The fourth-order valence-corrected chi connectivity index (χ4v) is 3.65. The molecule has 0 radical (unpaired) electrons. The Balaban J connectivity index is 1.93. The van der Waals surface area contributed by atoms with Gasteiger partial charge in [0.05, 0.1) is 4.53 Å². The Morgan fingerprint density at radius 2 is 1.88 bits per heavy atom. The van der Waals surface area contributed by atoms with E-state index in [4.69, 9.17) is 0 Å². The summed E-state index contributed by atoms with van der Waals surface area (Å²) in [6.45, 7) is 8.34. The maximum Gasteiger partial charge on any atom is 0.291 e. The first kappa shape index (κ1) is 16.6. The molecule has 0 atom stereocenters. The van der Waals surface area contributed by atoms with E-state index < -0.39 is 0 Å². The largest absolute Gasteiger partial charge is 0.372 e. The van der Waals surface area contributed by atoms with Crippen LogP contribution in [0.3, 0.4) is 0 Å². The van der Waals surface area contributed by atoms with Gasteiger partial charge in [-0.05, 0) is 44.0 Å². The van der Waals surface area contributed by atoms with Crippen molar-refractivity contribution in [1.82, 2.24) is 14.6 Å². The molecule has 3 aromatic rings. The Morgan fingerprint density at radius 3 is 2.46 bits per heavy atom. The van der Waals surface area contributed by atoms with E-state index in [9.17, 15) is 4.79 Å². The lowest BCUT2D eigenvalue weighted by Gasteiger charge is -2.20. The van der Waals surface area contributed by atoms with Gasteiger partial charge in [-0.15, -0.1) is 5.10 Å². The van der Waals surface area contributed by atoms with E-state index in [0.29, 0.717) is 9.49 Å². The van der Waals surface area contributed by atoms with Crippen molar-refractivity contribution in [3.63, 3.8) is 0 Å². The number of aryl methyl sites for hydroxylation is 1. The van der Waals surface area contributed by atoms with E-state index >= 15 is 0 Å². The zero-order valence-corrected chi connectivity index (χ0v) is 15.1. The standard InChI is InChI=1S/C18H22N4OS/c1-4-7-16-19-18-22(20-16)17(23)15(24-18)12-13-8-10-14(11-9-13)21(5-2)6-3/h8-12H,4-7H2,1-3H3/b15-12-. The maximum absolute atomic E-state index is 12.4. The van der Waals surface area contributed by atoms with E-state index in [1.165, 1.54) is 21.5 Å². The predicted octanol–water partition coefficient (Wildman–Crippen LogP) is 2.50. The number of nitrogens with zero attached hydrogens (tertiary/aromatic N) is 4. The quantitative estimate of drug-likeness (QED) is 0.691. The Morgan fingerprint density at radius 1 is 1.17 bits per heavy atom. The molecule has 126 valence electrons. The van der Waals surface area contributed by atoms with Gasteiger partial charge in [0.15, 0.2) is 5.82 Å². The number of hydrogen-bond donors (Lipinski definition) is 0. The summed E-state index contributed by atoms with van der Waals surface area (Å²) in [5.41, 5.74) is 2.13. The summed E-state index contributed by atoms with van der Waals surface area (Å²) in [6.07, 6.45) is 3.69. The van der Waals surface area contributed by atoms with Crippen molar-refractivity contribution in [2.45, 2.75) is 33.6 Å². The second-order valence-corrected chi connectivity index (χ2v) is 6.66. The summed E-state index contributed by atoms with van der Waals surface area (Å²) >= 11 is 1.40. The molecular weight excluding hydrogens is 320 g/mol. The van der Waals surface area contributed by atoms with Gasteiger partial charge in [0.2, 0.25) is 4.96 Å². The third-order valence-corrected chi connectivity index (χ3v) is 4.98. The van der Waals surface area contributed by atoms with E-state index in [1.807, 2.05) is 18.2 Å². The summed E-state index contributed by atoms with van der Waals surface area (Å²) in [5, 5.41) is 4.30. The molecule has 0 amide bonds. The van der Waals surface area contributed by atoms with Gasteiger partial charge >= 0.3 is 0 Å². The summed E-state index contributed by atoms with van der Waals surface area (Å²) < 4.78 is 2.09. The number of rotatable bonds is 6. The van der Waals surface area contributed by atoms with Crippen LogP contribution in [0.5, 0.6) is 0 Å². The number of aromatic nitrogens is 3. The lowest BCUT2D eigenvalue weighted by atomic mass is 10.2. The van der Waals surface area contributed by atoms with Crippen molar-refractivity contribution in [2.24, 2.45) is 0 Å². The summed E-state index contributed by atoms with van der Waals surface area (Å²) in [4.78, 5) is 19.8. The summed E-state index contributed by atoms with van der Waals surface area (Å²) in [7, 11) is 0. The van der Waals surface area contributed by atoms with Gasteiger partial charge in [-0.1, -0.05) is 30.4 Å². The minimum absolute atomic E-state index is 0.0855. The number of fused-ring (bicyclic) bond motifs is 1. The van der Waals surface area contributed by atoms with Crippen molar-refractivity contribution in [2.75, 3.05) is 18.0 Å². The van der Waals surface area contributed by atoms with Crippen LogP contribution < -0.4 is 15.0 Å². The fraction of sp³-hybridized carbons (Fsp3) is 0.389. The first-order valence-corrected chi connectivity index (χ1v) is 9.23. The lowest BCUT2D eigenvalue weighted by Crippen LogP contribution is -2.24. The van der Waals surface area contributed by atoms with Gasteiger partial charge in [-0.3, -0.25) is 4.79 Å². The highest BCUT2D eigenvalue weighted by Crippen LogP contribution is 2.15. The van der Waals surface area contributed by atoms with Crippen molar-refractivity contribution in [3.05, 3.63) is 50.5 Å². The highest BCUT2D eigenvalue weighted by atomic mass is 32.1. The average Bonchev–Trinajstić information content (AvgIpc) is 3.10. The maximum atomic E-state index is 12.4. The zero-order valence-electron chi connectivity index (χ0n) is 14.3. The van der Waals surface area contributed by atoms with Crippen LogP contribution >= 0.6 is 11.3 Å². The molecule has 0 aliphatic heterocycles. The van der Waals surface area contributed by atoms with E-state index in [-0.39, 0.29) is 5.56 Å². The minimum Gasteiger partial charge on any atom is -0.372 e. The molecule has 2 aromatic heterocycles. The number of hydrogen-bond acceptors (Lipinski definition) is 5. The smallest absolute Gasteiger partial charge is 0.291 e. The molecule has 5 nitrogen and oxygen atoms in total. The fourth-order valence-electron chi connectivity index (χ4n) is 2.73. The van der Waals surface area contributed by atoms with Crippen LogP contribution in [0.25, 0.3) is 11.0 Å². The number of thiazole rings is 1. The highest BCUT2D eigenvalue weighted by Gasteiger charge is 2.09. The summed E-state index contributed by atoms with van der Waals surface area (Å²) in [6, 6.07) is 8.29. The number of benzene rings is 1. The third-order valence-electron chi connectivity index (χ3n) is 4.02. The summed E-state index contributed by atoms with van der Waals surface area (Å²) in [5.74, 6) is 0.746. The van der Waals surface area contributed by atoms with Gasteiger partial charge in [0, 0.05) is 25.2 Å². The van der Waals surface area contributed by atoms with Gasteiger partial charge in [-0.2, -0.15) is 4.52 Å². The zero-order chi connectivity index (χ0) is 17.1. The molecule has 0 aliphatic rings. The van der Waals surface area contributed by atoms with Crippen LogP contribution in [0, 0.1) is 0 Å². The molecule has 3 rings (SSSR count). The molecule has 0 saturated heterocycles. The second-order valence-electron chi connectivity index (χ2n) is 5.65. The molecule has 0 bridgehead atoms. The van der Waals surface area contributed by atoms with E-state index in [0.717, 1.165) is 37.3 Å². The first-order valence-electron chi connectivity index (χ1n) is 8.41.